The maximum Gasteiger partial charge on any atom is 0.307 e. The van der Waals surface area contributed by atoms with Crippen LogP contribution in [0.5, 0.6) is 0 Å². The Balaban J connectivity index is 2.00. The van der Waals surface area contributed by atoms with Crippen LogP contribution in [0.3, 0.4) is 0 Å². The average Bonchev–Trinajstić information content (AvgIpc) is 2.71. The molecule has 3 nitrogen and oxygen atoms in total. The number of hydrogen-bond donors (Lipinski definition) is 1. The second-order valence-corrected chi connectivity index (χ2v) is 5.14. The van der Waals surface area contributed by atoms with Gasteiger partial charge in [0, 0.05) is 23.1 Å². The maximum atomic E-state index is 10.8. The molecule has 1 aromatic carbocycles. The molecule has 1 heterocycles. The summed E-state index contributed by atoms with van der Waals surface area (Å²) in [6.07, 6.45) is 0.709. The monoisotopic (exact) mass is 273 g/mol. The summed E-state index contributed by atoms with van der Waals surface area (Å²) in [6, 6.07) is 5.40. The molecule has 17 heavy (non-hydrogen) atoms. The third kappa shape index (κ3) is 3.12. The van der Waals surface area contributed by atoms with E-state index in [4.69, 9.17) is 28.3 Å². The van der Waals surface area contributed by atoms with Gasteiger partial charge >= 0.3 is 5.97 Å². The lowest BCUT2D eigenvalue weighted by molar-refractivity contribution is -0.141. The molecule has 0 spiro atoms. The van der Waals surface area contributed by atoms with Gasteiger partial charge in [0.2, 0.25) is 0 Å². The third-order valence-electron chi connectivity index (χ3n) is 3.03. The molecule has 1 aliphatic heterocycles. The van der Waals surface area contributed by atoms with E-state index in [9.17, 15) is 4.79 Å². The first kappa shape index (κ1) is 12.7. The van der Waals surface area contributed by atoms with Gasteiger partial charge in [-0.05, 0) is 30.7 Å². The summed E-state index contributed by atoms with van der Waals surface area (Å²) in [6.45, 7) is 2.07. The number of rotatable bonds is 3. The molecule has 1 atom stereocenters. The molecular formula is C12H13Cl2NO2. The van der Waals surface area contributed by atoms with Gasteiger partial charge in [-0.1, -0.05) is 29.3 Å². The zero-order chi connectivity index (χ0) is 12.4. The minimum atomic E-state index is -0.713. The Bertz CT molecular complexity index is 437. The molecule has 0 aliphatic carbocycles. The van der Waals surface area contributed by atoms with Crippen LogP contribution in [0.15, 0.2) is 18.2 Å². The number of benzene rings is 1. The molecule has 0 saturated carbocycles. The topological polar surface area (TPSA) is 40.5 Å². The van der Waals surface area contributed by atoms with Crippen LogP contribution in [0.2, 0.25) is 10.0 Å². The van der Waals surface area contributed by atoms with E-state index in [1.54, 1.807) is 12.1 Å². The predicted octanol–water partition coefficient (Wildman–Crippen LogP) is 2.90. The van der Waals surface area contributed by atoms with Crippen molar-refractivity contribution < 1.29 is 9.90 Å². The summed E-state index contributed by atoms with van der Waals surface area (Å²) in [5, 5.41) is 10.2. The van der Waals surface area contributed by atoms with Gasteiger partial charge in [-0.3, -0.25) is 9.69 Å². The first-order valence-electron chi connectivity index (χ1n) is 5.45. The van der Waals surface area contributed by atoms with Gasteiger partial charge in [0.05, 0.1) is 5.92 Å². The molecule has 0 unspecified atom stereocenters. The van der Waals surface area contributed by atoms with Crippen molar-refractivity contribution in [2.24, 2.45) is 5.92 Å². The highest BCUT2D eigenvalue weighted by molar-refractivity contribution is 6.35. The van der Waals surface area contributed by atoms with E-state index in [-0.39, 0.29) is 5.92 Å². The molecule has 0 amide bonds. The summed E-state index contributed by atoms with van der Waals surface area (Å²) >= 11 is 11.9. The Hall–Kier alpha value is -0.770. The SMILES string of the molecule is O=C(O)[C@@H]1CCN(Cc2ccc(Cl)cc2Cl)C1. The van der Waals surface area contributed by atoms with Gasteiger partial charge < -0.3 is 5.11 Å². The number of carbonyl (C=O) groups is 1. The van der Waals surface area contributed by atoms with E-state index < -0.39 is 5.97 Å². The number of halogens is 2. The highest BCUT2D eigenvalue weighted by atomic mass is 35.5. The Morgan fingerprint density at radius 3 is 2.82 bits per heavy atom. The fourth-order valence-electron chi connectivity index (χ4n) is 2.07. The quantitative estimate of drug-likeness (QED) is 0.921. The Morgan fingerprint density at radius 2 is 2.24 bits per heavy atom. The first-order chi connectivity index (χ1) is 8.06. The van der Waals surface area contributed by atoms with Gasteiger partial charge in [0.25, 0.3) is 0 Å². The molecule has 1 aromatic rings. The highest BCUT2D eigenvalue weighted by Gasteiger charge is 2.27. The van der Waals surface area contributed by atoms with E-state index >= 15 is 0 Å². The summed E-state index contributed by atoms with van der Waals surface area (Å²) < 4.78 is 0. The van der Waals surface area contributed by atoms with Crippen molar-refractivity contribution in [3.8, 4) is 0 Å². The summed E-state index contributed by atoms with van der Waals surface area (Å²) in [4.78, 5) is 12.9. The van der Waals surface area contributed by atoms with Gasteiger partial charge in [0.15, 0.2) is 0 Å². The number of hydrogen-bond acceptors (Lipinski definition) is 2. The van der Waals surface area contributed by atoms with Gasteiger partial charge in [-0.2, -0.15) is 0 Å². The molecule has 0 aromatic heterocycles. The summed E-state index contributed by atoms with van der Waals surface area (Å²) in [5.41, 5.74) is 0.988. The second-order valence-electron chi connectivity index (χ2n) is 4.29. The predicted molar refractivity (Wildman–Crippen MR) is 67.5 cm³/mol. The minimum absolute atomic E-state index is 0.249. The average molecular weight is 274 g/mol. The van der Waals surface area contributed by atoms with Crippen molar-refractivity contribution in [1.29, 1.82) is 0 Å². The van der Waals surface area contributed by atoms with Crippen molar-refractivity contribution >= 4 is 29.2 Å². The van der Waals surface area contributed by atoms with Crippen LogP contribution in [0.1, 0.15) is 12.0 Å². The lowest BCUT2D eigenvalue weighted by Crippen LogP contribution is -2.22. The molecule has 1 fully saturated rings. The van der Waals surface area contributed by atoms with Gasteiger partial charge in [-0.25, -0.2) is 0 Å². The number of likely N-dealkylation sites (tertiary alicyclic amines) is 1. The maximum absolute atomic E-state index is 10.8. The Labute approximate surface area is 110 Å². The molecule has 5 heteroatoms. The van der Waals surface area contributed by atoms with Crippen LogP contribution in [0.25, 0.3) is 0 Å². The van der Waals surface area contributed by atoms with E-state index in [0.29, 0.717) is 29.6 Å². The van der Waals surface area contributed by atoms with Crippen molar-refractivity contribution in [3.05, 3.63) is 33.8 Å². The van der Waals surface area contributed by atoms with E-state index in [1.165, 1.54) is 0 Å². The molecule has 1 aliphatic rings. The van der Waals surface area contributed by atoms with Crippen molar-refractivity contribution in [2.75, 3.05) is 13.1 Å². The summed E-state index contributed by atoms with van der Waals surface area (Å²) in [5.74, 6) is -0.962. The zero-order valence-corrected chi connectivity index (χ0v) is 10.7. The summed E-state index contributed by atoms with van der Waals surface area (Å²) in [7, 11) is 0. The molecule has 0 radical (unpaired) electrons. The molecule has 0 bridgehead atoms. The lowest BCUT2D eigenvalue weighted by Gasteiger charge is -2.16. The van der Waals surface area contributed by atoms with E-state index in [1.807, 2.05) is 6.07 Å². The fourth-order valence-corrected chi connectivity index (χ4v) is 2.54. The number of nitrogens with zero attached hydrogens (tertiary/aromatic N) is 1. The van der Waals surface area contributed by atoms with Crippen LogP contribution in [-0.4, -0.2) is 29.1 Å². The molecule has 92 valence electrons. The van der Waals surface area contributed by atoms with Crippen LogP contribution in [-0.2, 0) is 11.3 Å². The molecular weight excluding hydrogens is 261 g/mol. The van der Waals surface area contributed by atoms with Crippen molar-refractivity contribution in [3.63, 3.8) is 0 Å². The minimum Gasteiger partial charge on any atom is -0.481 e. The number of aliphatic carboxylic acids is 1. The number of carboxylic acids is 1. The number of carboxylic acid groups (broad SMARTS) is 1. The fraction of sp³-hybridized carbons (Fsp3) is 0.417. The second kappa shape index (κ2) is 5.25. The zero-order valence-electron chi connectivity index (χ0n) is 9.20. The Morgan fingerprint density at radius 1 is 1.47 bits per heavy atom. The highest BCUT2D eigenvalue weighted by Crippen LogP contribution is 2.25. The van der Waals surface area contributed by atoms with E-state index in [2.05, 4.69) is 4.90 Å². The molecule has 1 N–H and O–H groups in total. The smallest absolute Gasteiger partial charge is 0.307 e. The normalized spacial score (nSPS) is 20.7. The van der Waals surface area contributed by atoms with Crippen LogP contribution in [0.4, 0.5) is 0 Å². The Kier molecular flexibility index (Phi) is 3.92. The van der Waals surface area contributed by atoms with Gasteiger partial charge in [0.1, 0.15) is 0 Å². The first-order valence-corrected chi connectivity index (χ1v) is 6.21. The van der Waals surface area contributed by atoms with Gasteiger partial charge in [-0.15, -0.1) is 0 Å². The van der Waals surface area contributed by atoms with Crippen LogP contribution < -0.4 is 0 Å². The van der Waals surface area contributed by atoms with Crippen LogP contribution in [0, 0.1) is 5.92 Å². The van der Waals surface area contributed by atoms with Crippen LogP contribution >= 0.6 is 23.2 Å². The van der Waals surface area contributed by atoms with Crippen molar-refractivity contribution in [1.82, 2.24) is 4.90 Å². The standard InChI is InChI=1S/C12H13Cl2NO2/c13-10-2-1-8(11(14)5-10)6-15-4-3-9(7-15)12(16)17/h1-2,5,9H,3-4,6-7H2,(H,16,17)/t9-/m1/s1. The largest absolute Gasteiger partial charge is 0.481 e. The van der Waals surface area contributed by atoms with Crippen molar-refractivity contribution in [2.45, 2.75) is 13.0 Å². The molecule has 2 rings (SSSR count). The lowest BCUT2D eigenvalue weighted by atomic mass is 10.1. The third-order valence-corrected chi connectivity index (χ3v) is 3.62. The molecule has 1 saturated heterocycles. The van der Waals surface area contributed by atoms with E-state index in [0.717, 1.165) is 12.1 Å².